The van der Waals surface area contributed by atoms with Crippen molar-refractivity contribution in [3.05, 3.63) is 35.9 Å². The Kier molecular flexibility index (Phi) is 4.94. The van der Waals surface area contributed by atoms with Crippen molar-refractivity contribution >= 4 is 6.29 Å². The van der Waals surface area contributed by atoms with Gasteiger partial charge in [-0.3, -0.25) is 0 Å². The Bertz CT molecular complexity index is 256. The number of benzene rings is 1. The molecule has 14 heavy (non-hydrogen) atoms. The van der Waals surface area contributed by atoms with E-state index >= 15 is 0 Å². The molecule has 76 valence electrons. The van der Waals surface area contributed by atoms with Gasteiger partial charge in [0.25, 0.3) is 0 Å². The Balaban J connectivity index is 2.44. The summed E-state index contributed by atoms with van der Waals surface area (Å²) in [7, 11) is 1.69. The highest BCUT2D eigenvalue weighted by molar-refractivity contribution is 5.49. The molecule has 1 rings (SSSR count). The molecular formula is C12H16O2. The molecule has 0 aliphatic rings. The minimum Gasteiger partial charge on any atom is -0.381 e. The van der Waals surface area contributed by atoms with Crippen LogP contribution in [-0.2, 0) is 16.0 Å². The number of carbonyl (C=O) groups excluding carboxylic acids is 1. The monoisotopic (exact) mass is 192 g/mol. The predicted molar refractivity (Wildman–Crippen MR) is 56.2 cm³/mol. The Labute approximate surface area is 84.9 Å². The Morgan fingerprint density at radius 1 is 1.36 bits per heavy atom. The molecule has 1 aromatic rings. The highest BCUT2D eigenvalue weighted by Gasteiger charge is 2.07. The van der Waals surface area contributed by atoms with Gasteiger partial charge in [0.15, 0.2) is 0 Å². The van der Waals surface area contributed by atoms with Crippen molar-refractivity contribution in [1.82, 2.24) is 0 Å². The third-order valence-corrected chi connectivity index (χ3v) is 2.25. The van der Waals surface area contributed by atoms with Crippen molar-refractivity contribution in [2.75, 3.05) is 7.11 Å². The minimum absolute atomic E-state index is 0.155. The molecule has 0 bridgehead atoms. The summed E-state index contributed by atoms with van der Waals surface area (Å²) in [5.74, 6) is 0. The SMILES string of the molecule is CO[C@H](CCC=O)Cc1ccccc1. The Hall–Kier alpha value is -1.15. The molecule has 0 radical (unpaired) electrons. The van der Waals surface area contributed by atoms with Crippen LogP contribution in [0.5, 0.6) is 0 Å². The van der Waals surface area contributed by atoms with Crippen LogP contribution in [0.1, 0.15) is 18.4 Å². The molecular weight excluding hydrogens is 176 g/mol. The third kappa shape index (κ3) is 3.71. The zero-order chi connectivity index (χ0) is 10.2. The fourth-order valence-corrected chi connectivity index (χ4v) is 1.43. The van der Waals surface area contributed by atoms with Crippen molar-refractivity contribution < 1.29 is 9.53 Å². The van der Waals surface area contributed by atoms with Gasteiger partial charge < -0.3 is 9.53 Å². The van der Waals surface area contributed by atoms with Crippen LogP contribution in [-0.4, -0.2) is 19.5 Å². The Morgan fingerprint density at radius 2 is 2.07 bits per heavy atom. The first kappa shape index (κ1) is 10.9. The van der Waals surface area contributed by atoms with E-state index in [0.717, 1.165) is 19.1 Å². The number of aldehydes is 1. The van der Waals surface area contributed by atoms with E-state index in [0.29, 0.717) is 6.42 Å². The molecule has 0 N–H and O–H groups in total. The molecule has 1 atom stereocenters. The lowest BCUT2D eigenvalue weighted by Crippen LogP contribution is -2.14. The first-order valence-electron chi connectivity index (χ1n) is 4.87. The van der Waals surface area contributed by atoms with E-state index in [4.69, 9.17) is 4.74 Å². The van der Waals surface area contributed by atoms with E-state index in [1.807, 2.05) is 18.2 Å². The summed E-state index contributed by atoms with van der Waals surface area (Å²) in [6, 6.07) is 10.2. The van der Waals surface area contributed by atoms with Crippen molar-refractivity contribution in [1.29, 1.82) is 0 Å². The zero-order valence-corrected chi connectivity index (χ0v) is 8.48. The quantitative estimate of drug-likeness (QED) is 0.646. The lowest BCUT2D eigenvalue weighted by Gasteiger charge is -2.13. The molecule has 0 amide bonds. The normalized spacial score (nSPS) is 12.4. The average Bonchev–Trinajstić information content (AvgIpc) is 2.25. The van der Waals surface area contributed by atoms with E-state index in [2.05, 4.69) is 12.1 Å². The van der Waals surface area contributed by atoms with Gasteiger partial charge in [-0.2, -0.15) is 0 Å². The van der Waals surface area contributed by atoms with Crippen molar-refractivity contribution in [2.45, 2.75) is 25.4 Å². The zero-order valence-electron chi connectivity index (χ0n) is 8.48. The molecule has 0 heterocycles. The van der Waals surface area contributed by atoms with Crippen LogP contribution in [0, 0.1) is 0 Å². The topological polar surface area (TPSA) is 26.3 Å². The van der Waals surface area contributed by atoms with Crippen LogP contribution in [0.4, 0.5) is 0 Å². The summed E-state index contributed by atoms with van der Waals surface area (Å²) in [4.78, 5) is 10.2. The van der Waals surface area contributed by atoms with Crippen LogP contribution >= 0.6 is 0 Å². The lowest BCUT2D eigenvalue weighted by atomic mass is 10.0. The highest BCUT2D eigenvalue weighted by atomic mass is 16.5. The Morgan fingerprint density at radius 3 is 2.64 bits per heavy atom. The fraction of sp³-hybridized carbons (Fsp3) is 0.417. The second kappa shape index (κ2) is 6.33. The molecule has 0 fully saturated rings. The van der Waals surface area contributed by atoms with Gasteiger partial charge >= 0.3 is 0 Å². The maximum atomic E-state index is 10.2. The van der Waals surface area contributed by atoms with E-state index in [-0.39, 0.29) is 6.10 Å². The molecule has 1 aromatic carbocycles. The lowest BCUT2D eigenvalue weighted by molar-refractivity contribution is -0.108. The number of hydrogen-bond acceptors (Lipinski definition) is 2. The van der Waals surface area contributed by atoms with Crippen molar-refractivity contribution in [2.24, 2.45) is 0 Å². The van der Waals surface area contributed by atoms with Crippen LogP contribution in [0.3, 0.4) is 0 Å². The summed E-state index contributed by atoms with van der Waals surface area (Å²) in [5.41, 5.74) is 1.25. The molecule has 0 saturated heterocycles. The third-order valence-electron chi connectivity index (χ3n) is 2.25. The van der Waals surface area contributed by atoms with Gasteiger partial charge in [-0.05, 0) is 18.4 Å². The summed E-state index contributed by atoms with van der Waals surface area (Å²) in [6.45, 7) is 0. The van der Waals surface area contributed by atoms with Gasteiger partial charge in [0.05, 0.1) is 6.10 Å². The molecule has 0 aliphatic heterocycles. The molecule has 0 saturated carbocycles. The summed E-state index contributed by atoms with van der Waals surface area (Å²) < 4.78 is 5.30. The van der Waals surface area contributed by atoms with Gasteiger partial charge in [0.2, 0.25) is 0 Å². The number of ether oxygens (including phenoxy) is 1. The van der Waals surface area contributed by atoms with Gasteiger partial charge in [0.1, 0.15) is 6.29 Å². The summed E-state index contributed by atoms with van der Waals surface area (Å²) >= 11 is 0. The maximum Gasteiger partial charge on any atom is 0.120 e. The summed E-state index contributed by atoms with van der Waals surface area (Å²) in [6.07, 6.45) is 3.35. The van der Waals surface area contributed by atoms with E-state index < -0.39 is 0 Å². The standard InChI is InChI=1S/C12H16O2/c1-14-12(8-5-9-13)10-11-6-3-2-4-7-11/h2-4,6-7,9,12H,5,8,10H2,1H3/t12-/m1/s1. The predicted octanol–water partition coefficient (Wildman–Crippen LogP) is 2.22. The second-order valence-corrected chi connectivity index (χ2v) is 3.29. The molecule has 2 nitrogen and oxygen atoms in total. The van der Waals surface area contributed by atoms with Gasteiger partial charge in [-0.1, -0.05) is 30.3 Å². The smallest absolute Gasteiger partial charge is 0.120 e. The fourth-order valence-electron chi connectivity index (χ4n) is 1.43. The molecule has 2 heteroatoms. The number of hydrogen-bond donors (Lipinski definition) is 0. The van der Waals surface area contributed by atoms with Crippen LogP contribution in [0.25, 0.3) is 0 Å². The van der Waals surface area contributed by atoms with E-state index in [1.165, 1.54) is 5.56 Å². The van der Waals surface area contributed by atoms with Gasteiger partial charge in [-0.15, -0.1) is 0 Å². The number of carbonyl (C=O) groups is 1. The minimum atomic E-state index is 0.155. The molecule has 0 unspecified atom stereocenters. The van der Waals surface area contributed by atoms with Crippen LogP contribution in [0.15, 0.2) is 30.3 Å². The molecule has 0 aromatic heterocycles. The van der Waals surface area contributed by atoms with Crippen LogP contribution < -0.4 is 0 Å². The van der Waals surface area contributed by atoms with Gasteiger partial charge in [-0.25, -0.2) is 0 Å². The van der Waals surface area contributed by atoms with Crippen molar-refractivity contribution in [3.8, 4) is 0 Å². The highest BCUT2D eigenvalue weighted by Crippen LogP contribution is 2.09. The number of rotatable bonds is 6. The number of methoxy groups -OCH3 is 1. The molecule has 0 spiro atoms. The molecule has 0 aliphatic carbocycles. The summed E-state index contributed by atoms with van der Waals surface area (Å²) in [5, 5.41) is 0. The van der Waals surface area contributed by atoms with E-state index in [9.17, 15) is 4.79 Å². The van der Waals surface area contributed by atoms with Crippen molar-refractivity contribution in [3.63, 3.8) is 0 Å². The largest absolute Gasteiger partial charge is 0.381 e. The van der Waals surface area contributed by atoms with Crippen LogP contribution in [0.2, 0.25) is 0 Å². The first-order chi connectivity index (χ1) is 6.86. The van der Waals surface area contributed by atoms with E-state index in [1.54, 1.807) is 7.11 Å². The first-order valence-corrected chi connectivity index (χ1v) is 4.87. The average molecular weight is 192 g/mol. The second-order valence-electron chi connectivity index (χ2n) is 3.29. The maximum absolute atomic E-state index is 10.2. The van der Waals surface area contributed by atoms with Gasteiger partial charge in [0, 0.05) is 13.5 Å².